The Morgan fingerprint density at radius 3 is 2.38 bits per heavy atom. The van der Waals surface area contributed by atoms with Gasteiger partial charge in [-0.25, -0.2) is 0 Å². The first-order valence-corrected chi connectivity index (χ1v) is 8.74. The fraction of sp³-hybridized carbons (Fsp3) is 0.136. The number of benzene rings is 3. The fourth-order valence-corrected chi connectivity index (χ4v) is 2.95. The minimum Gasteiger partial charge on any atom is -0.384 e. The van der Waals surface area contributed by atoms with Gasteiger partial charge >= 0.3 is 0 Å². The van der Waals surface area contributed by atoms with Crippen LogP contribution < -0.4 is 5.32 Å². The van der Waals surface area contributed by atoms with Crippen molar-refractivity contribution in [2.24, 2.45) is 0 Å². The number of halogens is 1. The molecule has 0 spiro atoms. The van der Waals surface area contributed by atoms with E-state index in [9.17, 15) is 9.90 Å². The number of carbonyl (C=O) groups excluding carboxylic acids is 1. The molecule has 3 nitrogen and oxygen atoms in total. The second-order valence-corrected chi connectivity index (χ2v) is 6.73. The maximum atomic E-state index is 12.6. The number of carbonyl (C=O) groups is 1. The average Bonchev–Trinajstić information content (AvgIpc) is 2.65. The highest BCUT2D eigenvalue weighted by Crippen LogP contribution is 2.31. The van der Waals surface area contributed by atoms with Gasteiger partial charge < -0.3 is 10.4 Å². The third-order valence-corrected chi connectivity index (χ3v) is 4.68. The summed E-state index contributed by atoms with van der Waals surface area (Å²) in [6.45, 7) is 3.98. The molecule has 26 heavy (non-hydrogen) atoms. The van der Waals surface area contributed by atoms with E-state index in [1.807, 2.05) is 56.3 Å². The largest absolute Gasteiger partial charge is 0.384 e. The molecule has 0 heterocycles. The number of aliphatic hydroxyl groups excluding tert-OH is 1. The molecule has 3 rings (SSSR count). The average molecular weight is 366 g/mol. The van der Waals surface area contributed by atoms with Crippen molar-refractivity contribution in [3.8, 4) is 0 Å². The Hall–Kier alpha value is -2.62. The van der Waals surface area contributed by atoms with Gasteiger partial charge in [-0.3, -0.25) is 4.79 Å². The van der Waals surface area contributed by atoms with Crippen molar-refractivity contribution >= 4 is 23.2 Å². The lowest BCUT2D eigenvalue weighted by molar-refractivity contribution is 0.102. The van der Waals surface area contributed by atoms with Crippen LogP contribution in [0.15, 0.2) is 66.7 Å². The molecule has 0 saturated heterocycles. The summed E-state index contributed by atoms with van der Waals surface area (Å²) in [5.74, 6) is -0.225. The van der Waals surface area contributed by atoms with E-state index in [1.54, 1.807) is 24.3 Å². The summed E-state index contributed by atoms with van der Waals surface area (Å²) in [5.41, 5.74) is 4.58. The molecule has 0 aliphatic rings. The minimum absolute atomic E-state index is 0.225. The number of anilines is 1. The van der Waals surface area contributed by atoms with E-state index < -0.39 is 6.10 Å². The second kappa shape index (κ2) is 7.73. The van der Waals surface area contributed by atoms with Crippen molar-refractivity contribution in [1.82, 2.24) is 0 Å². The fourth-order valence-electron chi connectivity index (χ4n) is 2.77. The number of rotatable bonds is 4. The molecular formula is C22H20ClNO2. The summed E-state index contributed by atoms with van der Waals surface area (Å²) in [6, 6.07) is 19.9. The minimum atomic E-state index is -0.884. The molecule has 1 atom stereocenters. The Morgan fingerprint density at radius 1 is 0.962 bits per heavy atom. The van der Waals surface area contributed by atoms with E-state index in [0.717, 1.165) is 16.7 Å². The van der Waals surface area contributed by atoms with E-state index in [0.29, 0.717) is 21.8 Å². The zero-order valence-electron chi connectivity index (χ0n) is 14.7. The number of nitrogens with one attached hydrogen (secondary N) is 1. The van der Waals surface area contributed by atoms with E-state index >= 15 is 0 Å². The highest BCUT2D eigenvalue weighted by atomic mass is 35.5. The number of hydrogen-bond acceptors (Lipinski definition) is 2. The van der Waals surface area contributed by atoms with Gasteiger partial charge in [0.2, 0.25) is 0 Å². The molecule has 0 aliphatic carbocycles. The zero-order chi connectivity index (χ0) is 18.7. The Labute approximate surface area is 158 Å². The lowest BCUT2D eigenvalue weighted by atomic mass is 9.99. The van der Waals surface area contributed by atoms with Crippen LogP contribution in [-0.4, -0.2) is 11.0 Å². The number of hydrogen-bond donors (Lipinski definition) is 2. The topological polar surface area (TPSA) is 49.3 Å². The highest BCUT2D eigenvalue weighted by molar-refractivity contribution is 6.30. The van der Waals surface area contributed by atoms with Gasteiger partial charge in [-0.15, -0.1) is 0 Å². The maximum Gasteiger partial charge on any atom is 0.255 e. The number of amides is 1. The van der Waals surface area contributed by atoms with E-state index in [2.05, 4.69) is 5.32 Å². The van der Waals surface area contributed by atoms with Crippen LogP contribution in [0.1, 0.15) is 38.7 Å². The molecule has 0 aliphatic heterocycles. The molecule has 0 bridgehead atoms. The quantitative estimate of drug-likeness (QED) is 0.659. The van der Waals surface area contributed by atoms with Crippen LogP contribution in [0.2, 0.25) is 5.02 Å². The summed E-state index contributed by atoms with van der Waals surface area (Å²) >= 11 is 6.12. The summed E-state index contributed by atoms with van der Waals surface area (Å²) < 4.78 is 0. The Balaban J connectivity index is 1.92. The molecule has 0 aromatic heterocycles. The van der Waals surface area contributed by atoms with Crippen LogP contribution in [0.4, 0.5) is 5.69 Å². The molecule has 2 N–H and O–H groups in total. The molecule has 0 saturated carbocycles. The molecular weight excluding hydrogens is 346 g/mol. The monoisotopic (exact) mass is 365 g/mol. The van der Waals surface area contributed by atoms with Crippen molar-refractivity contribution in [3.05, 3.63) is 99.6 Å². The highest BCUT2D eigenvalue weighted by Gasteiger charge is 2.17. The summed E-state index contributed by atoms with van der Waals surface area (Å²) in [7, 11) is 0. The van der Waals surface area contributed by atoms with Gasteiger partial charge in [0.1, 0.15) is 6.10 Å². The van der Waals surface area contributed by atoms with Crippen LogP contribution in [0.5, 0.6) is 0 Å². The van der Waals surface area contributed by atoms with Gasteiger partial charge in [-0.1, -0.05) is 48.0 Å². The first-order valence-electron chi connectivity index (χ1n) is 8.37. The Bertz CT molecular complexity index is 938. The van der Waals surface area contributed by atoms with Crippen LogP contribution in [0, 0.1) is 13.8 Å². The van der Waals surface area contributed by atoms with Crippen LogP contribution in [0.25, 0.3) is 0 Å². The van der Waals surface area contributed by atoms with Crippen molar-refractivity contribution in [3.63, 3.8) is 0 Å². The molecule has 1 amide bonds. The van der Waals surface area contributed by atoms with Crippen LogP contribution in [-0.2, 0) is 0 Å². The van der Waals surface area contributed by atoms with Crippen LogP contribution in [0.3, 0.4) is 0 Å². The third kappa shape index (κ3) is 3.96. The molecule has 132 valence electrons. The van der Waals surface area contributed by atoms with E-state index in [4.69, 9.17) is 11.6 Å². The number of aryl methyl sites for hydroxylation is 2. The summed E-state index contributed by atoms with van der Waals surface area (Å²) in [5, 5.41) is 14.1. The van der Waals surface area contributed by atoms with Gasteiger partial charge in [-0.2, -0.15) is 0 Å². The first kappa shape index (κ1) is 18.2. The predicted molar refractivity (Wildman–Crippen MR) is 106 cm³/mol. The standard InChI is InChI=1S/C22H20ClNO2/c1-14-8-9-17(12-15(14)2)22(26)24-20-11-10-18(23)13-19(20)21(25)16-6-4-3-5-7-16/h3-13,21,25H,1-2H3,(H,24,26)/t21-/m1/s1. The Kier molecular flexibility index (Phi) is 5.40. The Morgan fingerprint density at radius 2 is 1.69 bits per heavy atom. The molecule has 3 aromatic rings. The van der Waals surface area contributed by atoms with Crippen molar-refractivity contribution in [2.45, 2.75) is 20.0 Å². The van der Waals surface area contributed by atoms with Gasteiger partial charge in [0.05, 0.1) is 0 Å². The SMILES string of the molecule is Cc1ccc(C(=O)Nc2ccc(Cl)cc2[C@H](O)c2ccccc2)cc1C. The smallest absolute Gasteiger partial charge is 0.255 e. The third-order valence-electron chi connectivity index (χ3n) is 4.44. The summed E-state index contributed by atoms with van der Waals surface area (Å²) in [4.78, 5) is 12.6. The molecule has 4 heteroatoms. The lowest BCUT2D eigenvalue weighted by Gasteiger charge is -2.17. The van der Waals surface area contributed by atoms with E-state index in [1.165, 1.54) is 0 Å². The zero-order valence-corrected chi connectivity index (χ0v) is 15.4. The van der Waals surface area contributed by atoms with Gasteiger partial charge in [0.15, 0.2) is 0 Å². The predicted octanol–water partition coefficient (Wildman–Crippen LogP) is 5.29. The van der Waals surface area contributed by atoms with Gasteiger partial charge in [0, 0.05) is 21.8 Å². The molecule has 0 unspecified atom stereocenters. The van der Waals surface area contributed by atoms with Crippen LogP contribution >= 0.6 is 11.6 Å². The molecule has 0 fully saturated rings. The maximum absolute atomic E-state index is 12.6. The van der Waals surface area contributed by atoms with Crippen molar-refractivity contribution in [1.29, 1.82) is 0 Å². The molecule has 0 radical (unpaired) electrons. The van der Waals surface area contributed by atoms with E-state index in [-0.39, 0.29) is 5.91 Å². The summed E-state index contributed by atoms with van der Waals surface area (Å²) in [6.07, 6.45) is -0.884. The second-order valence-electron chi connectivity index (χ2n) is 6.30. The lowest BCUT2D eigenvalue weighted by Crippen LogP contribution is -2.15. The normalized spacial score (nSPS) is 11.8. The van der Waals surface area contributed by atoms with Gasteiger partial charge in [0.25, 0.3) is 5.91 Å². The van der Waals surface area contributed by atoms with Crippen molar-refractivity contribution < 1.29 is 9.90 Å². The van der Waals surface area contributed by atoms with Gasteiger partial charge in [-0.05, 0) is 60.9 Å². The number of aliphatic hydroxyl groups is 1. The molecule has 3 aromatic carbocycles. The van der Waals surface area contributed by atoms with Crippen molar-refractivity contribution in [2.75, 3.05) is 5.32 Å². The first-order chi connectivity index (χ1) is 12.5.